The molecular weight excluding hydrogens is 391 g/mol. The van der Waals surface area contributed by atoms with Gasteiger partial charge in [-0.05, 0) is 24.3 Å². The number of carbonyl (C=O) groups is 1. The fraction of sp³-hybridized carbons (Fsp3) is 0.533. The molecule has 9 heteroatoms. The molecule has 5 nitrogen and oxygen atoms in total. The predicted molar refractivity (Wildman–Crippen MR) is 99.4 cm³/mol. The van der Waals surface area contributed by atoms with E-state index in [9.17, 15) is 13.2 Å². The minimum atomic E-state index is -3.77. The highest BCUT2D eigenvalue weighted by molar-refractivity contribution is 7.99. The van der Waals surface area contributed by atoms with Gasteiger partial charge in [0.25, 0.3) is 0 Å². The smallest absolute Gasteiger partial charge is 0.246 e. The Labute approximate surface area is 157 Å². The predicted octanol–water partition coefficient (Wildman–Crippen LogP) is 2.97. The zero-order valence-electron chi connectivity index (χ0n) is 13.4. The van der Waals surface area contributed by atoms with Crippen molar-refractivity contribution in [1.82, 2.24) is 9.21 Å². The van der Waals surface area contributed by atoms with Crippen molar-refractivity contribution in [2.24, 2.45) is 0 Å². The van der Waals surface area contributed by atoms with Gasteiger partial charge in [0.05, 0.1) is 15.8 Å². The molecule has 1 saturated heterocycles. The summed E-state index contributed by atoms with van der Waals surface area (Å²) in [7, 11) is -3.77. The fourth-order valence-electron chi connectivity index (χ4n) is 2.43. The molecule has 0 aliphatic carbocycles. The van der Waals surface area contributed by atoms with Crippen LogP contribution in [0.5, 0.6) is 0 Å². The molecule has 24 heavy (non-hydrogen) atoms. The van der Waals surface area contributed by atoms with Crippen molar-refractivity contribution < 1.29 is 13.2 Å². The van der Waals surface area contributed by atoms with E-state index < -0.39 is 10.0 Å². The van der Waals surface area contributed by atoms with Crippen LogP contribution in [-0.2, 0) is 14.8 Å². The summed E-state index contributed by atoms with van der Waals surface area (Å²) in [6.07, 6.45) is 1.03. The molecule has 2 rings (SSSR count). The van der Waals surface area contributed by atoms with Crippen molar-refractivity contribution in [3.05, 3.63) is 28.2 Å². The van der Waals surface area contributed by atoms with Crippen LogP contribution in [0.3, 0.4) is 0 Å². The summed E-state index contributed by atoms with van der Waals surface area (Å²) in [6.45, 7) is 3.32. The number of hydrogen-bond acceptors (Lipinski definition) is 4. The van der Waals surface area contributed by atoms with E-state index in [-0.39, 0.29) is 33.9 Å². The fourth-order valence-corrected chi connectivity index (χ4v) is 5.73. The van der Waals surface area contributed by atoms with Crippen LogP contribution in [0.2, 0.25) is 10.0 Å². The molecule has 0 bridgehead atoms. The van der Waals surface area contributed by atoms with Crippen LogP contribution >= 0.6 is 35.0 Å². The molecule has 0 spiro atoms. The van der Waals surface area contributed by atoms with E-state index in [0.29, 0.717) is 18.8 Å². The van der Waals surface area contributed by atoms with Crippen LogP contribution in [0.25, 0.3) is 0 Å². The Morgan fingerprint density at radius 3 is 2.29 bits per heavy atom. The number of thioether (sulfide) groups is 1. The maximum atomic E-state index is 12.8. The maximum absolute atomic E-state index is 12.8. The summed E-state index contributed by atoms with van der Waals surface area (Å²) < 4.78 is 26.9. The van der Waals surface area contributed by atoms with Gasteiger partial charge in [-0.1, -0.05) is 36.2 Å². The summed E-state index contributed by atoms with van der Waals surface area (Å²) in [5.74, 6) is 1.45. The Balaban J connectivity index is 2.02. The number of carbonyl (C=O) groups excluding carboxylic acids is 1. The average molecular weight is 411 g/mol. The number of nitrogens with zero attached hydrogens (tertiary/aromatic N) is 2. The zero-order valence-corrected chi connectivity index (χ0v) is 16.5. The van der Waals surface area contributed by atoms with E-state index >= 15 is 0 Å². The number of piperazine rings is 1. The summed E-state index contributed by atoms with van der Waals surface area (Å²) in [5.41, 5.74) is 0. The summed E-state index contributed by atoms with van der Waals surface area (Å²) in [5, 5.41) is 0.217. The number of sulfonamides is 1. The number of hydrogen-bond donors (Lipinski definition) is 0. The number of amides is 1. The lowest BCUT2D eigenvalue weighted by Gasteiger charge is -2.34. The lowest BCUT2D eigenvalue weighted by atomic mass is 10.3. The highest BCUT2D eigenvalue weighted by Gasteiger charge is 2.32. The van der Waals surface area contributed by atoms with Gasteiger partial charge in [-0.3, -0.25) is 4.79 Å². The van der Waals surface area contributed by atoms with Gasteiger partial charge in [0.1, 0.15) is 4.90 Å². The van der Waals surface area contributed by atoms with E-state index in [2.05, 4.69) is 6.92 Å². The first kappa shape index (κ1) is 19.8. The monoisotopic (exact) mass is 410 g/mol. The van der Waals surface area contributed by atoms with Gasteiger partial charge < -0.3 is 4.90 Å². The molecule has 0 N–H and O–H groups in total. The Hall–Kier alpha value is -0.470. The van der Waals surface area contributed by atoms with Crippen molar-refractivity contribution in [2.75, 3.05) is 37.7 Å². The summed E-state index contributed by atoms with van der Waals surface area (Å²) >= 11 is 13.7. The normalized spacial score (nSPS) is 16.4. The molecule has 1 fully saturated rings. The van der Waals surface area contributed by atoms with Gasteiger partial charge in [0, 0.05) is 26.2 Å². The summed E-state index contributed by atoms with van der Waals surface area (Å²) in [6, 6.07) is 4.62. The number of halogens is 2. The second-order valence-electron chi connectivity index (χ2n) is 5.39. The largest absolute Gasteiger partial charge is 0.339 e. The molecular formula is C15H20Cl2N2O3S2. The molecule has 1 aromatic rings. The van der Waals surface area contributed by atoms with Gasteiger partial charge in [-0.15, -0.1) is 0 Å². The third kappa shape index (κ3) is 4.58. The van der Waals surface area contributed by atoms with E-state index in [0.717, 1.165) is 12.2 Å². The quantitative estimate of drug-likeness (QED) is 0.676. The summed E-state index contributed by atoms with van der Waals surface area (Å²) in [4.78, 5) is 13.8. The van der Waals surface area contributed by atoms with Crippen molar-refractivity contribution in [1.29, 1.82) is 0 Å². The Morgan fingerprint density at radius 2 is 1.75 bits per heavy atom. The van der Waals surface area contributed by atoms with Crippen LogP contribution in [0.4, 0.5) is 0 Å². The average Bonchev–Trinajstić information content (AvgIpc) is 2.54. The van der Waals surface area contributed by atoms with E-state index in [1.165, 1.54) is 16.4 Å². The first-order valence-electron chi connectivity index (χ1n) is 7.67. The van der Waals surface area contributed by atoms with Crippen LogP contribution < -0.4 is 0 Å². The molecule has 1 heterocycles. The molecule has 0 saturated carbocycles. The first-order valence-corrected chi connectivity index (χ1v) is 11.0. The van der Waals surface area contributed by atoms with Crippen molar-refractivity contribution in [2.45, 2.75) is 18.2 Å². The molecule has 1 amide bonds. The maximum Gasteiger partial charge on any atom is 0.246 e. The minimum absolute atomic E-state index is 0.0567. The van der Waals surface area contributed by atoms with Crippen LogP contribution in [0.15, 0.2) is 23.1 Å². The molecule has 0 atom stereocenters. The highest BCUT2D eigenvalue weighted by atomic mass is 35.5. The lowest BCUT2D eigenvalue weighted by molar-refractivity contribution is -0.129. The van der Waals surface area contributed by atoms with Gasteiger partial charge >= 0.3 is 0 Å². The highest BCUT2D eigenvalue weighted by Crippen LogP contribution is 2.31. The zero-order chi connectivity index (χ0) is 17.7. The van der Waals surface area contributed by atoms with E-state index in [1.807, 2.05) is 0 Å². The van der Waals surface area contributed by atoms with Crippen LogP contribution in [0.1, 0.15) is 13.3 Å². The third-order valence-electron chi connectivity index (χ3n) is 3.68. The van der Waals surface area contributed by atoms with Crippen LogP contribution in [-0.4, -0.2) is 61.2 Å². The van der Waals surface area contributed by atoms with Gasteiger partial charge in [0.2, 0.25) is 15.9 Å². The van der Waals surface area contributed by atoms with Crippen molar-refractivity contribution in [3.63, 3.8) is 0 Å². The standard InChI is InChI=1S/C15H20Cl2N2O3S2/c1-2-10-23-11-14(20)18-6-8-19(9-7-18)24(21,22)15-12(16)4-3-5-13(15)17/h3-5H,2,6-11H2,1H3. The number of rotatable bonds is 6. The molecule has 1 aliphatic rings. The van der Waals surface area contributed by atoms with Gasteiger partial charge in [-0.2, -0.15) is 16.1 Å². The van der Waals surface area contributed by atoms with Crippen LogP contribution in [0, 0.1) is 0 Å². The topological polar surface area (TPSA) is 57.7 Å². The Kier molecular flexibility index (Phi) is 7.24. The Bertz CT molecular complexity index is 670. The molecule has 0 unspecified atom stereocenters. The molecule has 0 aromatic heterocycles. The van der Waals surface area contributed by atoms with E-state index in [4.69, 9.17) is 23.2 Å². The second kappa shape index (κ2) is 8.76. The lowest BCUT2D eigenvalue weighted by Crippen LogP contribution is -2.51. The van der Waals surface area contributed by atoms with Crippen molar-refractivity contribution in [3.8, 4) is 0 Å². The van der Waals surface area contributed by atoms with Crippen molar-refractivity contribution >= 4 is 50.9 Å². The number of benzene rings is 1. The minimum Gasteiger partial charge on any atom is -0.339 e. The molecule has 134 valence electrons. The first-order chi connectivity index (χ1) is 11.4. The molecule has 1 aliphatic heterocycles. The SMILES string of the molecule is CCCSCC(=O)N1CCN(S(=O)(=O)c2c(Cl)cccc2Cl)CC1. The van der Waals surface area contributed by atoms with E-state index in [1.54, 1.807) is 22.7 Å². The Morgan fingerprint density at radius 1 is 1.17 bits per heavy atom. The molecule has 0 radical (unpaired) electrons. The second-order valence-corrected chi connectivity index (χ2v) is 9.18. The van der Waals surface area contributed by atoms with Gasteiger partial charge in [-0.25, -0.2) is 8.42 Å². The van der Waals surface area contributed by atoms with Gasteiger partial charge in [0.15, 0.2) is 0 Å². The third-order valence-corrected chi connectivity index (χ3v) is 7.68. The molecule has 1 aromatic carbocycles.